The van der Waals surface area contributed by atoms with E-state index < -0.39 is 0 Å². The Morgan fingerprint density at radius 3 is 2.60 bits per heavy atom. The summed E-state index contributed by atoms with van der Waals surface area (Å²) in [7, 11) is 1.90. The van der Waals surface area contributed by atoms with Crippen molar-refractivity contribution in [1.82, 2.24) is 5.32 Å². The van der Waals surface area contributed by atoms with E-state index in [1.807, 2.05) is 19.2 Å². The molecule has 0 aliphatic carbocycles. The quantitative estimate of drug-likeness (QED) is 0.863. The minimum Gasteiger partial charge on any atom is -0.485 e. The Bertz CT molecular complexity index is 558. The molecule has 0 spiro atoms. The highest BCUT2D eigenvalue weighted by Crippen LogP contribution is 2.28. The lowest BCUT2D eigenvalue weighted by Gasteiger charge is -2.14. The maximum atomic E-state index is 5.94. The molecule has 3 heteroatoms. The lowest BCUT2D eigenvalue weighted by atomic mass is 10.0. The summed E-state index contributed by atoms with van der Waals surface area (Å²) in [5.74, 6) is 3.18. The second-order valence-electron chi connectivity index (χ2n) is 5.38. The Kier molecular flexibility index (Phi) is 4.85. The molecule has 0 aliphatic rings. The SMILES string of the molecule is CNCc1ccc(COc2cc(C)ccc2C(C)C)o1. The van der Waals surface area contributed by atoms with E-state index >= 15 is 0 Å². The van der Waals surface area contributed by atoms with Crippen LogP contribution in [0.25, 0.3) is 0 Å². The number of furan rings is 1. The predicted octanol–water partition coefficient (Wildman–Crippen LogP) is 4.01. The van der Waals surface area contributed by atoms with Gasteiger partial charge in [-0.1, -0.05) is 26.0 Å². The molecule has 1 aromatic heterocycles. The second-order valence-corrected chi connectivity index (χ2v) is 5.38. The van der Waals surface area contributed by atoms with Gasteiger partial charge in [-0.2, -0.15) is 0 Å². The van der Waals surface area contributed by atoms with Crippen LogP contribution in [0, 0.1) is 6.92 Å². The van der Waals surface area contributed by atoms with Gasteiger partial charge in [0.25, 0.3) is 0 Å². The topological polar surface area (TPSA) is 34.4 Å². The largest absolute Gasteiger partial charge is 0.485 e. The summed E-state index contributed by atoms with van der Waals surface area (Å²) >= 11 is 0. The number of rotatable bonds is 6. The molecule has 2 aromatic rings. The first-order valence-corrected chi connectivity index (χ1v) is 7.05. The molecule has 0 radical (unpaired) electrons. The third-order valence-electron chi connectivity index (χ3n) is 3.23. The first-order chi connectivity index (χ1) is 9.60. The van der Waals surface area contributed by atoms with Crippen LogP contribution in [0.5, 0.6) is 5.75 Å². The van der Waals surface area contributed by atoms with Crippen molar-refractivity contribution in [3.63, 3.8) is 0 Å². The van der Waals surface area contributed by atoms with Crippen molar-refractivity contribution in [3.8, 4) is 5.75 Å². The van der Waals surface area contributed by atoms with Gasteiger partial charge in [-0.25, -0.2) is 0 Å². The maximum absolute atomic E-state index is 5.94. The summed E-state index contributed by atoms with van der Waals surface area (Å²) in [5, 5.41) is 3.07. The summed E-state index contributed by atoms with van der Waals surface area (Å²) in [5.41, 5.74) is 2.44. The highest BCUT2D eigenvalue weighted by Gasteiger charge is 2.09. The summed E-state index contributed by atoms with van der Waals surface area (Å²) in [6.45, 7) is 7.63. The summed E-state index contributed by atoms with van der Waals surface area (Å²) in [6.07, 6.45) is 0. The number of hydrogen-bond acceptors (Lipinski definition) is 3. The summed E-state index contributed by atoms with van der Waals surface area (Å²) in [4.78, 5) is 0. The molecule has 2 rings (SSSR count). The van der Waals surface area contributed by atoms with E-state index in [1.54, 1.807) is 0 Å². The molecule has 0 bridgehead atoms. The molecule has 20 heavy (non-hydrogen) atoms. The molecule has 0 saturated carbocycles. The van der Waals surface area contributed by atoms with Crippen LogP contribution in [0.3, 0.4) is 0 Å². The van der Waals surface area contributed by atoms with Crippen molar-refractivity contribution in [2.75, 3.05) is 7.05 Å². The van der Waals surface area contributed by atoms with Gasteiger partial charge in [0.05, 0.1) is 6.54 Å². The van der Waals surface area contributed by atoms with Gasteiger partial charge in [0.15, 0.2) is 0 Å². The van der Waals surface area contributed by atoms with E-state index in [-0.39, 0.29) is 0 Å². The van der Waals surface area contributed by atoms with Crippen molar-refractivity contribution in [3.05, 3.63) is 53.0 Å². The Morgan fingerprint density at radius 1 is 1.15 bits per heavy atom. The smallest absolute Gasteiger partial charge is 0.146 e. The van der Waals surface area contributed by atoms with Crippen LogP contribution in [-0.2, 0) is 13.2 Å². The molecular formula is C17H23NO2. The number of hydrogen-bond donors (Lipinski definition) is 1. The van der Waals surface area contributed by atoms with Crippen molar-refractivity contribution in [2.24, 2.45) is 0 Å². The van der Waals surface area contributed by atoms with E-state index in [4.69, 9.17) is 9.15 Å². The van der Waals surface area contributed by atoms with Crippen LogP contribution in [0.2, 0.25) is 0 Å². The molecule has 108 valence electrons. The van der Waals surface area contributed by atoms with E-state index in [2.05, 4.69) is 44.3 Å². The van der Waals surface area contributed by atoms with E-state index in [9.17, 15) is 0 Å². The van der Waals surface area contributed by atoms with Crippen LogP contribution in [-0.4, -0.2) is 7.05 Å². The zero-order chi connectivity index (χ0) is 14.5. The maximum Gasteiger partial charge on any atom is 0.146 e. The highest BCUT2D eigenvalue weighted by atomic mass is 16.5. The molecular weight excluding hydrogens is 250 g/mol. The van der Waals surface area contributed by atoms with Gasteiger partial charge in [-0.3, -0.25) is 0 Å². The van der Waals surface area contributed by atoms with Crippen LogP contribution < -0.4 is 10.1 Å². The fourth-order valence-corrected chi connectivity index (χ4v) is 2.16. The van der Waals surface area contributed by atoms with Gasteiger partial charge in [-0.05, 0) is 49.2 Å². The van der Waals surface area contributed by atoms with Gasteiger partial charge in [-0.15, -0.1) is 0 Å². The summed E-state index contributed by atoms with van der Waals surface area (Å²) in [6, 6.07) is 10.3. The van der Waals surface area contributed by atoms with Crippen molar-refractivity contribution >= 4 is 0 Å². The lowest BCUT2D eigenvalue weighted by Crippen LogP contribution is -2.03. The molecule has 0 atom stereocenters. The van der Waals surface area contributed by atoms with Crippen molar-refractivity contribution in [2.45, 2.75) is 39.8 Å². The molecule has 0 fully saturated rings. The van der Waals surface area contributed by atoms with Crippen LogP contribution in [0.4, 0.5) is 0 Å². The van der Waals surface area contributed by atoms with Crippen LogP contribution in [0.1, 0.15) is 42.4 Å². The lowest BCUT2D eigenvalue weighted by molar-refractivity contribution is 0.262. The number of ether oxygens (including phenoxy) is 1. The Hall–Kier alpha value is -1.74. The van der Waals surface area contributed by atoms with Gasteiger partial charge in [0.1, 0.15) is 23.9 Å². The first-order valence-electron chi connectivity index (χ1n) is 7.05. The monoisotopic (exact) mass is 273 g/mol. The van der Waals surface area contributed by atoms with Crippen LogP contribution >= 0.6 is 0 Å². The molecule has 3 nitrogen and oxygen atoms in total. The zero-order valence-electron chi connectivity index (χ0n) is 12.7. The molecule has 0 saturated heterocycles. The minimum atomic E-state index is 0.446. The third-order valence-corrected chi connectivity index (χ3v) is 3.23. The zero-order valence-corrected chi connectivity index (χ0v) is 12.7. The Balaban J connectivity index is 2.07. The standard InChI is InChI=1S/C17H23NO2/c1-12(2)16-8-5-13(3)9-17(16)19-11-15-7-6-14(20-15)10-18-4/h5-9,12,18H,10-11H2,1-4H3. The molecule has 0 amide bonds. The normalized spacial score (nSPS) is 11.1. The predicted molar refractivity (Wildman–Crippen MR) is 81.1 cm³/mol. The molecule has 0 aliphatic heterocycles. The number of benzene rings is 1. The molecule has 1 N–H and O–H groups in total. The first kappa shape index (κ1) is 14.7. The third kappa shape index (κ3) is 3.64. The van der Waals surface area contributed by atoms with Gasteiger partial charge < -0.3 is 14.5 Å². The second kappa shape index (κ2) is 6.62. The number of nitrogens with one attached hydrogen (secondary N) is 1. The molecule has 1 heterocycles. The fraction of sp³-hybridized carbons (Fsp3) is 0.412. The van der Waals surface area contributed by atoms with E-state index in [1.165, 1.54) is 11.1 Å². The molecule has 0 unspecified atom stereocenters. The number of aryl methyl sites for hydroxylation is 1. The van der Waals surface area contributed by atoms with Crippen molar-refractivity contribution < 1.29 is 9.15 Å². The van der Waals surface area contributed by atoms with Gasteiger partial charge in [0, 0.05) is 0 Å². The highest BCUT2D eigenvalue weighted by molar-refractivity contribution is 5.39. The van der Waals surface area contributed by atoms with Crippen molar-refractivity contribution in [1.29, 1.82) is 0 Å². The average molecular weight is 273 g/mol. The minimum absolute atomic E-state index is 0.446. The van der Waals surface area contributed by atoms with Gasteiger partial charge >= 0.3 is 0 Å². The average Bonchev–Trinajstić information content (AvgIpc) is 2.84. The Morgan fingerprint density at radius 2 is 1.90 bits per heavy atom. The van der Waals surface area contributed by atoms with Gasteiger partial charge in [0.2, 0.25) is 0 Å². The molecule has 1 aromatic carbocycles. The fourth-order valence-electron chi connectivity index (χ4n) is 2.16. The Labute approximate surface area is 121 Å². The van der Waals surface area contributed by atoms with E-state index in [0.717, 1.165) is 23.8 Å². The van der Waals surface area contributed by atoms with E-state index in [0.29, 0.717) is 12.5 Å². The summed E-state index contributed by atoms with van der Waals surface area (Å²) < 4.78 is 11.6. The van der Waals surface area contributed by atoms with Crippen LogP contribution in [0.15, 0.2) is 34.7 Å².